The summed E-state index contributed by atoms with van der Waals surface area (Å²) < 4.78 is 0.966. The van der Waals surface area contributed by atoms with Gasteiger partial charge in [0.15, 0.2) is 0 Å². The third-order valence-corrected chi connectivity index (χ3v) is 8.23. The van der Waals surface area contributed by atoms with Gasteiger partial charge < -0.3 is 20.1 Å². The predicted octanol–water partition coefficient (Wildman–Crippen LogP) is 6.70. The van der Waals surface area contributed by atoms with Crippen molar-refractivity contribution in [2.45, 2.75) is 23.6 Å². The molecule has 180 valence electrons. The number of aromatic nitrogens is 1. The summed E-state index contributed by atoms with van der Waals surface area (Å²) in [7, 11) is 2.16. The van der Waals surface area contributed by atoms with Crippen molar-refractivity contribution in [1.29, 1.82) is 0 Å². The summed E-state index contributed by atoms with van der Waals surface area (Å²) in [6.07, 6.45) is 0. The predicted molar refractivity (Wildman–Crippen MR) is 150 cm³/mol. The molecule has 0 saturated carbocycles. The Hall–Kier alpha value is -2.74. The minimum atomic E-state index is -0.149. The third kappa shape index (κ3) is 5.42. The topological polar surface area (TPSA) is 51.4 Å². The molecule has 0 unspecified atom stereocenters. The first-order valence-electron chi connectivity index (χ1n) is 11.8. The van der Waals surface area contributed by atoms with Crippen LogP contribution in [0, 0.1) is 13.8 Å². The molecule has 0 atom stereocenters. The van der Waals surface area contributed by atoms with E-state index >= 15 is 0 Å². The lowest BCUT2D eigenvalue weighted by molar-refractivity contribution is 0.102. The van der Waals surface area contributed by atoms with Crippen LogP contribution in [0.2, 0.25) is 0 Å². The second kappa shape index (κ2) is 10.1. The molecule has 0 spiro atoms. The highest BCUT2D eigenvalue weighted by atomic mass is 79.9. The monoisotopic (exact) mass is 548 g/mol. The Labute approximate surface area is 219 Å². The maximum atomic E-state index is 13.0. The molecule has 2 N–H and O–H groups in total. The van der Waals surface area contributed by atoms with E-state index in [1.54, 1.807) is 11.8 Å². The average molecular weight is 550 g/mol. The number of nitrogens with zero attached hydrogens (tertiary/aromatic N) is 2. The molecular formula is C28H29BrN4OS. The van der Waals surface area contributed by atoms with Crippen molar-refractivity contribution in [3.63, 3.8) is 0 Å². The van der Waals surface area contributed by atoms with Crippen molar-refractivity contribution >= 4 is 55.9 Å². The summed E-state index contributed by atoms with van der Waals surface area (Å²) >= 11 is 5.41. The molecule has 1 aliphatic rings. The van der Waals surface area contributed by atoms with Crippen LogP contribution in [0.4, 0.5) is 11.4 Å². The number of rotatable bonds is 5. The molecule has 1 saturated heterocycles. The summed E-state index contributed by atoms with van der Waals surface area (Å²) in [4.78, 5) is 23.3. The molecule has 1 amide bonds. The molecule has 5 rings (SSSR count). The molecule has 2 heterocycles. The van der Waals surface area contributed by atoms with Crippen molar-refractivity contribution in [2.75, 3.05) is 43.4 Å². The Bertz CT molecular complexity index is 1370. The van der Waals surface area contributed by atoms with Gasteiger partial charge in [-0.1, -0.05) is 33.8 Å². The molecule has 0 bridgehead atoms. The number of carbonyl (C=O) groups excluding carboxylic acids is 1. The average Bonchev–Trinajstić information content (AvgIpc) is 3.28. The number of nitrogens with one attached hydrogen (secondary N) is 2. The number of piperazine rings is 1. The van der Waals surface area contributed by atoms with Crippen LogP contribution in [0.25, 0.3) is 10.9 Å². The zero-order valence-corrected chi connectivity index (χ0v) is 22.6. The molecule has 1 aliphatic heterocycles. The van der Waals surface area contributed by atoms with E-state index in [9.17, 15) is 4.79 Å². The first-order valence-corrected chi connectivity index (χ1v) is 13.4. The molecule has 1 aromatic heterocycles. The maximum absolute atomic E-state index is 13.0. The molecule has 5 nitrogen and oxygen atoms in total. The van der Waals surface area contributed by atoms with Crippen molar-refractivity contribution < 1.29 is 4.79 Å². The van der Waals surface area contributed by atoms with Crippen LogP contribution in [0.15, 0.2) is 74.9 Å². The lowest BCUT2D eigenvalue weighted by atomic mass is 10.1. The number of H-pyrrole nitrogens is 1. The number of carbonyl (C=O) groups is 1. The quantitative estimate of drug-likeness (QED) is 0.291. The second-order valence-electron chi connectivity index (χ2n) is 9.19. The fourth-order valence-corrected chi connectivity index (χ4v) is 6.01. The van der Waals surface area contributed by atoms with Crippen LogP contribution >= 0.6 is 27.7 Å². The lowest BCUT2D eigenvalue weighted by Crippen LogP contribution is -2.44. The Morgan fingerprint density at radius 3 is 2.37 bits per heavy atom. The number of halogens is 1. The highest BCUT2D eigenvalue weighted by Crippen LogP contribution is 2.35. The fourth-order valence-electron chi connectivity index (χ4n) is 4.28. The summed E-state index contributed by atoms with van der Waals surface area (Å²) in [5.74, 6) is -0.149. The van der Waals surface area contributed by atoms with Crippen LogP contribution in [-0.2, 0) is 0 Å². The van der Waals surface area contributed by atoms with Gasteiger partial charge in [0.1, 0.15) is 5.69 Å². The standard InChI is InChI=1S/C28H29BrN4OS/c1-18-4-9-22(14-19(18)2)35-23-15-25(29)24-17-27(31-26(24)16-23)28(34)30-20-5-7-21(8-6-20)33-12-10-32(3)11-13-33/h4-9,14-17,31H,10-13H2,1-3H3,(H,30,34). The Morgan fingerprint density at radius 1 is 0.914 bits per heavy atom. The molecular weight excluding hydrogens is 520 g/mol. The second-order valence-corrected chi connectivity index (χ2v) is 11.2. The molecule has 7 heteroatoms. The smallest absolute Gasteiger partial charge is 0.272 e. The van der Waals surface area contributed by atoms with Gasteiger partial charge in [-0.25, -0.2) is 0 Å². The van der Waals surface area contributed by atoms with E-state index in [1.165, 1.54) is 21.7 Å². The van der Waals surface area contributed by atoms with Gasteiger partial charge in [-0.3, -0.25) is 4.79 Å². The fraction of sp³-hybridized carbons (Fsp3) is 0.250. The summed E-state index contributed by atoms with van der Waals surface area (Å²) in [5, 5.41) is 4.02. The van der Waals surface area contributed by atoms with E-state index in [-0.39, 0.29) is 5.91 Å². The Morgan fingerprint density at radius 2 is 1.66 bits per heavy atom. The summed E-state index contributed by atoms with van der Waals surface area (Å²) in [6, 6.07) is 20.7. The van der Waals surface area contributed by atoms with E-state index < -0.39 is 0 Å². The van der Waals surface area contributed by atoms with Gasteiger partial charge in [-0.15, -0.1) is 0 Å². The van der Waals surface area contributed by atoms with E-state index in [2.05, 4.69) is 99.4 Å². The van der Waals surface area contributed by atoms with E-state index in [1.807, 2.05) is 18.2 Å². The number of amides is 1. The van der Waals surface area contributed by atoms with Gasteiger partial charge >= 0.3 is 0 Å². The lowest BCUT2D eigenvalue weighted by Gasteiger charge is -2.34. The normalized spacial score (nSPS) is 14.5. The van der Waals surface area contributed by atoms with E-state index in [4.69, 9.17) is 0 Å². The number of aryl methyl sites for hydroxylation is 2. The first-order chi connectivity index (χ1) is 16.9. The van der Waals surface area contributed by atoms with E-state index in [0.717, 1.165) is 52.1 Å². The number of benzene rings is 3. The van der Waals surface area contributed by atoms with Gasteiger partial charge in [0.05, 0.1) is 0 Å². The van der Waals surface area contributed by atoms with Crippen LogP contribution in [-0.4, -0.2) is 49.0 Å². The SMILES string of the molecule is Cc1ccc(Sc2cc(Br)c3cc(C(=O)Nc4ccc(N5CCN(C)CC5)cc4)[nH]c3c2)cc1C. The minimum Gasteiger partial charge on any atom is -0.369 e. The van der Waals surface area contributed by atoms with Crippen molar-refractivity contribution in [3.05, 3.63) is 82.0 Å². The zero-order chi connectivity index (χ0) is 24.5. The molecule has 35 heavy (non-hydrogen) atoms. The van der Waals surface area contributed by atoms with Gasteiger partial charge in [0, 0.05) is 62.7 Å². The van der Waals surface area contributed by atoms with Crippen LogP contribution < -0.4 is 10.2 Å². The van der Waals surface area contributed by atoms with Crippen LogP contribution in [0.5, 0.6) is 0 Å². The summed E-state index contributed by atoms with van der Waals surface area (Å²) in [6.45, 7) is 8.44. The number of likely N-dealkylation sites (N-methyl/N-ethyl adjacent to an activating group) is 1. The van der Waals surface area contributed by atoms with Crippen molar-refractivity contribution in [1.82, 2.24) is 9.88 Å². The molecule has 0 radical (unpaired) electrons. The third-order valence-electron chi connectivity index (χ3n) is 6.61. The molecule has 0 aliphatic carbocycles. The zero-order valence-electron chi connectivity index (χ0n) is 20.2. The number of hydrogen-bond acceptors (Lipinski definition) is 4. The first kappa shape index (κ1) is 24.0. The van der Waals surface area contributed by atoms with Crippen molar-refractivity contribution in [3.8, 4) is 0 Å². The number of anilines is 2. The largest absolute Gasteiger partial charge is 0.369 e. The van der Waals surface area contributed by atoms with Gasteiger partial charge in [0.2, 0.25) is 0 Å². The van der Waals surface area contributed by atoms with Crippen LogP contribution in [0.3, 0.4) is 0 Å². The van der Waals surface area contributed by atoms with Crippen LogP contribution in [0.1, 0.15) is 21.6 Å². The maximum Gasteiger partial charge on any atom is 0.272 e. The highest BCUT2D eigenvalue weighted by Gasteiger charge is 2.16. The Kier molecular flexibility index (Phi) is 6.91. The molecule has 4 aromatic rings. The number of fused-ring (bicyclic) bond motifs is 1. The Balaban J connectivity index is 1.30. The minimum absolute atomic E-state index is 0.149. The molecule has 1 fully saturated rings. The van der Waals surface area contributed by atoms with E-state index in [0.29, 0.717) is 5.69 Å². The van der Waals surface area contributed by atoms with Crippen molar-refractivity contribution in [2.24, 2.45) is 0 Å². The highest BCUT2D eigenvalue weighted by molar-refractivity contribution is 9.10. The van der Waals surface area contributed by atoms with Gasteiger partial charge in [-0.2, -0.15) is 0 Å². The molecule has 3 aromatic carbocycles. The summed E-state index contributed by atoms with van der Waals surface area (Å²) in [5.41, 5.74) is 6.03. The number of aromatic amines is 1. The van der Waals surface area contributed by atoms with Gasteiger partial charge in [0.25, 0.3) is 5.91 Å². The number of hydrogen-bond donors (Lipinski definition) is 2. The van der Waals surface area contributed by atoms with Gasteiger partial charge in [-0.05, 0) is 86.6 Å².